The normalized spacial score (nSPS) is 15.0. The van der Waals surface area contributed by atoms with E-state index in [4.69, 9.17) is 4.74 Å². The van der Waals surface area contributed by atoms with Crippen molar-refractivity contribution in [2.24, 2.45) is 0 Å². The maximum atomic E-state index is 13.3. The molecule has 1 saturated heterocycles. The zero-order valence-corrected chi connectivity index (χ0v) is 13.2. The smallest absolute Gasteiger partial charge is 0.252 e. The van der Waals surface area contributed by atoms with Crippen LogP contribution in [0.5, 0.6) is 0 Å². The zero-order valence-electron chi connectivity index (χ0n) is 13.2. The van der Waals surface area contributed by atoms with Crippen LogP contribution in [0, 0.1) is 11.6 Å². The van der Waals surface area contributed by atoms with Gasteiger partial charge in [-0.2, -0.15) is 0 Å². The number of hydrogen-bond donors (Lipinski definition) is 2. The molecule has 130 valence electrons. The lowest BCUT2D eigenvalue weighted by Gasteiger charge is -2.27. The molecule has 1 fully saturated rings. The van der Waals surface area contributed by atoms with Gasteiger partial charge in [-0.05, 0) is 0 Å². The number of rotatable bonds is 3. The number of nitrogens with zero attached hydrogens (tertiary/aromatic N) is 3. The van der Waals surface area contributed by atoms with Crippen molar-refractivity contribution in [3.05, 3.63) is 51.8 Å². The van der Waals surface area contributed by atoms with E-state index in [1.165, 1.54) is 6.07 Å². The molecule has 1 aromatic carbocycles. The van der Waals surface area contributed by atoms with Gasteiger partial charge in [0.05, 0.1) is 30.7 Å². The summed E-state index contributed by atoms with van der Waals surface area (Å²) in [6.07, 6.45) is 0.214. The van der Waals surface area contributed by atoms with Crippen molar-refractivity contribution in [1.82, 2.24) is 19.9 Å². The number of aromatic nitrogens is 4. The number of anilines is 1. The van der Waals surface area contributed by atoms with Gasteiger partial charge in [0.25, 0.3) is 5.56 Å². The van der Waals surface area contributed by atoms with Gasteiger partial charge >= 0.3 is 0 Å². The fourth-order valence-corrected chi connectivity index (χ4v) is 2.83. The zero-order chi connectivity index (χ0) is 17.4. The van der Waals surface area contributed by atoms with E-state index in [-0.39, 0.29) is 12.0 Å². The number of halogens is 2. The highest BCUT2D eigenvalue weighted by atomic mass is 19.2. The van der Waals surface area contributed by atoms with Crippen LogP contribution in [0.25, 0.3) is 11.0 Å². The second-order valence-electron chi connectivity index (χ2n) is 5.79. The molecule has 0 bridgehead atoms. The maximum Gasteiger partial charge on any atom is 0.252 e. The lowest BCUT2D eigenvalue weighted by atomic mass is 10.3. The Hall–Kier alpha value is -2.81. The Morgan fingerprint density at radius 2 is 1.76 bits per heavy atom. The summed E-state index contributed by atoms with van der Waals surface area (Å²) < 4.78 is 31.9. The van der Waals surface area contributed by atoms with Crippen molar-refractivity contribution < 1.29 is 13.5 Å². The number of H-pyrrole nitrogens is 2. The molecule has 0 atom stereocenters. The molecule has 0 amide bonds. The molecular weight excluding hydrogens is 332 g/mol. The predicted octanol–water partition coefficient (Wildman–Crippen LogP) is 1.35. The summed E-state index contributed by atoms with van der Waals surface area (Å²) in [5, 5.41) is 0. The van der Waals surface area contributed by atoms with E-state index in [0.29, 0.717) is 54.8 Å². The van der Waals surface area contributed by atoms with Gasteiger partial charge in [0, 0.05) is 31.3 Å². The molecule has 2 aromatic heterocycles. The minimum atomic E-state index is -0.952. The van der Waals surface area contributed by atoms with E-state index in [2.05, 4.69) is 19.9 Å². The lowest BCUT2D eigenvalue weighted by molar-refractivity contribution is 0.122. The molecule has 3 heterocycles. The molecule has 1 aliphatic heterocycles. The van der Waals surface area contributed by atoms with Crippen molar-refractivity contribution >= 4 is 16.9 Å². The second-order valence-corrected chi connectivity index (χ2v) is 5.79. The standard InChI is InChI=1S/C16H15F2N5O2/c17-9-5-11-12(6-10(9)18)20-13(19-11)7-14-21-15(8-16(24)22-14)23-1-3-25-4-2-23/h5-6,8H,1-4,7H2,(H,19,20)(H,21,22,24). The van der Waals surface area contributed by atoms with Gasteiger partial charge in [-0.25, -0.2) is 18.7 Å². The third-order valence-electron chi connectivity index (χ3n) is 4.02. The molecule has 9 heteroatoms. The number of nitrogens with one attached hydrogen (secondary N) is 2. The molecule has 7 nitrogen and oxygen atoms in total. The number of hydrogen-bond acceptors (Lipinski definition) is 5. The third kappa shape index (κ3) is 3.22. The first-order valence-corrected chi connectivity index (χ1v) is 7.85. The number of fused-ring (bicyclic) bond motifs is 1. The Balaban J connectivity index is 1.64. The highest BCUT2D eigenvalue weighted by Gasteiger charge is 2.15. The first kappa shape index (κ1) is 15.7. The average molecular weight is 347 g/mol. The van der Waals surface area contributed by atoms with Crippen molar-refractivity contribution in [3.8, 4) is 0 Å². The summed E-state index contributed by atoms with van der Waals surface area (Å²) in [6, 6.07) is 3.53. The van der Waals surface area contributed by atoms with Crippen LogP contribution in [0.2, 0.25) is 0 Å². The molecule has 4 rings (SSSR count). The van der Waals surface area contributed by atoms with Gasteiger partial charge in [0.2, 0.25) is 0 Å². The van der Waals surface area contributed by atoms with Crippen LogP contribution in [0.15, 0.2) is 23.0 Å². The van der Waals surface area contributed by atoms with E-state index in [1.54, 1.807) is 0 Å². The fourth-order valence-electron chi connectivity index (χ4n) is 2.83. The molecule has 0 spiro atoms. The van der Waals surface area contributed by atoms with E-state index in [1.807, 2.05) is 4.90 Å². The Bertz CT molecular complexity index is 939. The van der Waals surface area contributed by atoms with Crippen molar-refractivity contribution in [3.63, 3.8) is 0 Å². The van der Waals surface area contributed by atoms with Crippen LogP contribution in [-0.2, 0) is 11.2 Å². The topological polar surface area (TPSA) is 86.9 Å². The van der Waals surface area contributed by atoms with Gasteiger partial charge in [0.1, 0.15) is 17.5 Å². The highest BCUT2D eigenvalue weighted by molar-refractivity contribution is 5.75. The van der Waals surface area contributed by atoms with Gasteiger partial charge in [-0.1, -0.05) is 0 Å². The highest BCUT2D eigenvalue weighted by Crippen LogP contribution is 2.18. The van der Waals surface area contributed by atoms with Gasteiger partial charge in [-0.15, -0.1) is 0 Å². The number of morpholine rings is 1. The summed E-state index contributed by atoms with van der Waals surface area (Å²) in [5.41, 5.74) is 0.445. The molecule has 2 N–H and O–H groups in total. The Morgan fingerprint density at radius 3 is 2.56 bits per heavy atom. The van der Waals surface area contributed by atoms with E-state index < -0.39 is 11.6 Å². The van der Waals surface area contributed by atoms with Gasteiger partial charge in [0.15, 0.2) is 11.6 Å². The predicted molar refractivity (Wildman–Crippen MR) is 86.7 cm³/mol. The van der Waals surface area contributed by atoms with E-state index in [0.717, 1.165) is 12.1 Å². The minimum Gasteiger partial charge on any atom is -0.378 e. The summed E-state index contributed by atoms with van der Waals surface area (Å²) in [6.45, 7) is 2.51. The minimum absolute atomic E-state index is 0.214. The molecule has 0 saturated carbocycles. The third-order valence-corrected chi connectivity index (χ3v) is 4.02. The molecule has 1 aliphatic rings. The van der Waals surface area contributed by atoms with Crippen LogP contribution >= 0.6 is 0 Å². The Labute approximate surface area is 140 Å². The average Bonchev–Trinajstić information content (AvgIpc) is 2.96. The van der Waals surface area contributed by atoms with Crippen LogP contribution in [0.3, 0.4) is 0 Å². The van der Waals surface area contributed by atoms with Crippen molar-refractivity contribution in [1.29, 1.82) is 0 Å². The first-order chi connectivity index (χ1) is 12.1. The van der Waals surface area contributed by atoms with Crippen molar-refractivity contribution in [2.75, 3.05) is 31.2 Å². The van der Waals surface area contributed by atoms with E-state index >= 15 is 0 Å². The van der Waals surface area contributed by atoms with Crippen LogP contribution in [0.4, 0.5) is 14.6 Å². The molecule has 25 heavy (non-hydrogen) atoms. The molecule has 0 radical (unpaired) electrons. The Morgan fingerprint density at radius 1 is 1.04 bits per heavy atom. The van der Waals surface area contributed by atoms with Crippen molar-refractivity contribution in [2.45, 2.75) is 6.42 Å². The van der Waals surface area contributed by atoms with Gasteiger partial charge < -0.3 is 19.6 Å². The second kappa shape index (κ2) is 6.25. The van der Waals surface area contributed by atoms with Crippen LogP contribution in [0.1, 0.15) is 11.6 Å². The molecule has 0 aliphatic carbocycles. The summed E-state index contributed by atoms with van der Waals surface area (Å²) in [7, 11) is 0. The monoisotopic (exact) mass is 347 g/mol. The van der Waals surface area contributed by atoms with E-state index in [9.17, 15) is 13.6 Å². The number of benzene rings is 1. The Kier molecular flexibility index (Phi) is 3.92. The van der Waals surface area contributed by atoms with Gasteiger partial charge in [-0.3, -0.25) is 4.79 Å². The number of ether oxygens (including phenoxy) is 1. The number of aromatic amines is 2. The van der Waals surface area contributed by atoms with Crippen LogP contribution in [-0.4, -0.2) is 46.2 Å². The lowest BCUT2D eigenvalue weighted by Crippen LogP contribution is -2.37. The molecule has 0 unspecified atom stereocenters. The summed E-state index contributed by atoms with van der Waals surface area (Å²) in [4.78, 5) is 28.2. The molecule has 3 aromatic rings. The fraction of sp³-hybridized carbons (Fsp3) is 0.312. The SMILES string of the molecule is O=c1cc(N2CCOCC2)nc(Cc2nc3cc(F)c(F)cc3[nH]2)[nH]1. The largest absolute Gasteiger partial charge is 0.378 e. The number of imidazole rings is 1. The quantitative estimate of drug-likeness (QED) is 0.747. The maximum absolute atomic E-state index is 13.3. The molecular formula is C16H15F2N5O2. The summed E-state index contributed by atoms with van der Waals surface area (Å²) in [5.74, 6) is -0.429. The van der Waals surface area contributed by atoms with Crippen LogP contribution < -0.4 is 10.5 Å². The first-order valence-electron chi connectivity index (χ1n) is 7.85. The summed E-state index contributed by atoms with van der Waals surface area (Å²) >= 11 is 0.